The van der Waals surface area contributed by atoms with E-state index in [0.717, 1.165) is 12.1 Å². The zero-order valence-electron chi connectivity index (χ0n) is 9.45. The van der Waals surface area contributed by atoms with Crippen LogP contribution >= 0.6 is 0 Å². The minimum absolute atomic E-state index is 0.368. The van der Waals surface area contributed by atoms with Crippen molar-refractivity contribution in [3.05, 3.63) is 29.8 Å². The minimum Gasteiger partial charge on any atom is -0.316 e. The van der Waals surface area contributed by atoms with Gasteiger partial charge in [-0.15, -0.1) is 0 Å². The molecule has 0 bridgehead atoms. The molecule has 6 heteroatoms. The molecule has 0 saturated heterocycles. The van der Waals surface area contributed by atoms with E-state index in [1.807, 2.05) is 19.2 Å². The van der Waals surface area contributed by atoms with Crippen LogP contribution in [0, 0.1) is 0 Å². The van der Waals surface area contributed by atoms with E-state index in [0.29, 0.717) is 12.2 Å². The van der Waals surface area contributed by atoms with Gasteiger partial charge < -0.3 is 5.32 Å². The zero-order valence-corrected chi connectivity index (χ0v) is 10.3. The summed E-state index contributed by atoms with van der Waals surface area (Å²) < 4.78 is 27.5. The van der Waals surface area contributed by atoms with Crippen LogP contribution in [-0.4, -0.2) is 22.0 Å². The Balaban J connectivity index is 2.68. The molecule has 0 saturated carbocycles. The molecule has 0 aromatic heterocycles. The number of nitrogens with one attached hydrogen (secondary N) is 3. The number of rotatable bonds is 6. The van der Waals surface area contributed by atoms with Crippen LogP contribution in [0.4, 0.5) is 5.69 Å². The average Bonchev–Trinajstić information content (AvgIpc) is 2.21. The first-order chi connectivity index (χ1) is 7.57. The molecule has 5 nitrogen and oxygen atoms in total. The predicted octanol–water partition coefficient (Wildman–Crippen LogP) is 0.672. The standard InChI is InChI=1S/C10H17N3O2S/c1-3-12-16(14,15)13-10-6-4-9(5-7-10)8-11-2/h4-7,11-13H,3,8H2,1-2H3. The Kier molecular flexibility index (Phi) is 4.72. The summed E-state index contributed by atoms with van der Waals surface area (Å²) in [6, 6.07) is 7.23. The van der Waals surface area contributed by atoms with E-state index in [1.165, 1.54) is 0 Å². The van der Waals surface area contributed by atoms with E-state index in [2.05, 4.69) is 14.8 Å². The smallest absolute Gasteiger partial charge is 0.299 e. The summed E-state index contributed by atoms with van der Waals surface area (Å²) in [5.74, 6) is 0. The highest BCUT2D eigenvalue weighted by Gasteiger charge is 2.06. The molecule has 16 heavy (non-hydrogen) atoms. The van der Waals surface area contributed by atoms with E-state index in [9.17, 15) is 8.42 Å². The second-order valence-corrected chi connectivity index (χ2v) is 4.83. The molecule has 0 radical (unpaired) electrons. The van der Waals surface area contributed by atoms with Gasteiger partial charge in [0.05, 0.1) is 0 Å². The second-order valence-electron chi connectivity index (χ2n) is 3.33. The van der Waals surface area contributed by atoms with Crippen molar-refractivity contribution in [1.29, 1.82) is 0 Å². The number of hydrogen-bond donors (Lipinski definition) is 3. The lowest BCUT2D eigenvalue weighted by Gasteiger charge is -2.08. The third-order valence-corrected chi connectivity index (χ3v) is 3.09. The largest absolute Gasteiger partial charge is 0.316 e. The van der Waals surface area contributed by atoms with E-state index in [-0.39, 0.29) is 0 Å². The molecule has 1 aromatic rings. The van der Waals surface area contributed by atoms with Crippen molar-refractivity contribution in [2.75, 3.05) is 18.3 Å². The van der Waals surface area contributed by atoms with Crippen LogP contribution in [0.5, 0.6) is 0 Å². The number of benzene rings is 1. The van der Waals surface area contributed by atoms with Crippen LogP contribution in [0.3, 0.4) is 0 Å². The van der Waals surface area contributed by atoms with Gasteiger partial charge in [-0.05, 0) is 24.7 Å². The van der Waals surface area contributed by atoms with Gasteiger partial charge >= 0.3 is 0 Å². The average molecular weight is 243 g/mol. The molecule has 0 spiro atoms. The third-order valence-electron chi connectivity index (χ3n) is 1.92. The fraction of sp³-hybridized carbons (Fsp3) is 0.400. The normalized spacial score (nSPS) is 11.4. The lowest BCUT2D eigenvalue weighted by atomic mass is 10.2. The van der Waals surface area contributed by atoms with Crippen LogP contribution in [0.2, 0.25) is 0 Å². The Morgan fingerprint density at radius 1 is 1.19 bits per heavy atom. The topological polar surface area (TPSA) is 70.2 Å². The molecule has 0 heterocycles. The van der Waals surface area contributed by atoms with Crippen molar-refractivity contribution in [3.8, 4) is 0 Å². The van der Waals surface area contributed by atoms with Crippen molar-refractivity contribution < 1.29 is 8.42 Å². The summed E-state index contributed by atoms with van der Waals surface area (Å²) in [5, 5.41) is 3.02. The van der Waals surface area contributed by atoms with Gasteiger partial charge in [0.25, 0.3) is 10.2 Å². The molecule has 0 aliphatic heterocycles. The first-order valence-corrected chi connectivity index (χ1v) is 6.56. The molecule has 1 rings (SSSR count). The Hall–Kier alpha value is -1.11. The van der Waals surface area contributed by atoms with E-state index < -0.39 is 10.2 Å². The van der Waals surface area contributed by atoms with Gasteiger partial charge in [0, 0.05) is 18.8 Å². The molecular weight excluding hydrogens is 226 g/mol. The van der Waals surface area contributed by atoms with Crippen molar-refractivity contribution in [2.24, 2.45) is 0 Å². The van der Waals surface area contributed by atoms with Crippen LogP contribution in [-0.2, 0) is 16.8 Å². The highest BCUT2D eigenvalue weighted by atomic mass is 32.2. The first kappa shape index (κ1) is 13.0. The van der Waals surface area contributed by atoms with Crippen molar-refractivity contribution in [2.45, 2.75) is 13.5 Å². The summed E-state index contributed by atoms with van der Waals surface area (Å²) in [4.78, 5) is 0. The molecule has 3 N–H and O–H groups in total. The highest BCUT2D eigenvalue weighted by Crippen LogP contribution is 2.10. The van der Waals surface area contributed by atoms with E-state index in [1.54, 1.807) is 19.1 Å². The van der Waals surface area contributed by atoms with Crippen molar-refractivity contribution in [3.63, 3.8) is 0 Å². The predicted molar refractivity (Wildman–Crippen MR) is 65.4 cm³/mol. The van der Waals surface area contributed by atoms with Gasteiger partial charge in [0.1, 0.15) is 0 Å². The van der Waals surface area contributed by atoms with Gasteiger partial charge in [-0.1, -0.05) is 19.1 Å². The molecular formula is C10H17N3O2S. The molecule has 0 aliphatic rings. The third kappa shape index (κ3) is 4.18. The quantitative estimate of drug-likeness (QED) is 0.688. The molecule has 0 fully saturated rings. The molecule has 0 unspecified atom stereocenters. The minimum atomic E-state index is -3.43. The van der Waals surface area contributed by atoms with Gasteiger partial charge in [-0.3, -0.25) is 4.72 Å². The lowest BCUT2D eigenvalue weighted by molar-refractivity contribution is 0.589. The summed E-state index contributed by atoms with van der Waals surface area (Å²) in [5.41, 5.74) is 1.66. The van der Waals surface area contributed by atoms with E-state index >= 15 is 0 Å². The summed E-state index contributed by atoms with van der Waals surface area (Å²) >= 11 is 0. The van der Waals surface area contributed by atoms with E-state index in [4.69, 9.17) is 0 Å². The first-order valence-electron chi connectivity index (χ1n) is 5.08. The van der Waals surface area contributed by atoms with Crippen molar-refractivity contribution in [1.82, 2.24) is 10.0 Å². The Morgan fingerprint density at radius 3 is 2.31 bits per heavy atom. The maximum atomic E-state index is 11.4. The fourth-order valence-electron chi connectivity index (χ4n) is 1.28. The maximum Gasteiger partial charge on any atom is 0.299 e. The summed E-state index contributed by atoms with van der Waals surface area (Å²) in [6.45, 7) is 2.86. The number of hydrogen-bond acceptors (Lipinski definition) is 3. The second kappa shape index (κ2) is 5.83. The molecule has 0 aliphatic carbocycles. The van der Waals surface area contributed by atoms with Gasteiger partial charge in [0.15, 0.2) is 0 Å². The van der Waals surface area contributed by atoms with Gasteiger partial charge in [-0.2, -0.15) is 13.1 Å². The van der Waals surface area contributed by atoms with Crippen LogP contribution in [0.25, 0.3) is 0 Å². The number of anilines is 1. The van der Waals surface area contributed by atoms with Crippen LogP contribution in [0.15, 0.2) is 24.3 Å². The Morgan fingerprint density at radius 2 is 1.81 bits per heavy atom. The molecule has 1 aromatic carbocycles. The van der Waals surface area contributed by atoms with Crippen LogP contribution < -0.4 is 14.8 Å². The van der Waals surface area contributed by atoms with Gasteiger partial charge in [-0.25, -0.2) is 0 Å². The SMILES string of the molecule is CCNS(=O)(=O)Nc1ccc(CNC)cc1. The Labute approximate surface area is 96.4 Å². The fourth-order valence-corrected chi connectivity index (χ4v) is 2.17. The van der Waals surface area contributed by atoms with Gasteiger partial charge in [0.2, 0.25) is 0 Å². The lowest BCUT2D eigenvalue weighted by Crippen LogP contribution is -2.29. The van der Waals surface area contributed by atoms with Crippen LogP contribution in [0.1, 0.15) is 12.5 Å². The maximum absolute atomic E-state index is 11.4. The zero-order chi connectivity index (χ0) is 12.0. The molecule has 0 amide bonds. The molecule has 90 valence electrons. The van der Waals surface area contributed by atoms with Crippen molar-refractivity contribution >= 4 is 15.9 Å². The summed E-state index contributed by atoms with van der Waals surface area (Å²) in [7, 11) is -1.56. The molecule has 0 atom stereocenters. The monoisotopic (exact) mass is 243 g/mol. The Bertz CT molecular complexity index is 414. The summed E-state index contributed by atoms with van der Waals surface area (Å²) in [6.07, 6.45) is 0. The highest BCUT2D eigenvalue weighted by molar-refractivity contribution is 7.90.